The summed E-state index contributed by atoms with van der Waals surface area (Å²) in [4.78, 5) is 20.5. The van der Waals surface area contributed by atoms with E-state index >= 15 is 0 Å². The number of aliphatic carboxylic acids is 1. The molecule has 0 aromatic carbocycles. The Morgan fingerprint density at radius 2 is 2.08 bits per heavy atom. The molecule has 0 atom stereocenters. The molecule has 74 valence electrons. The first-order chi connectivity index (χ1) is 6.18. The van der Waals surface area contributed by atoms with E-state index in [0.29, 0.717) is 0 Å². The standard InChI is InChI=1S/C9H15NO3/c1-2-3-4-5-6-7-10-8(11)9(12)13/h6-7H,2-5H2,1H3,(H,10,11)(H,12,13). The van der Waals surface area contributed by atoms with E-state index < -0.39 is 11.9 Å². The molecule has 0 rings (SSSR count). The van der Waals surface area contributed by atoms with E-state index in [-0.39, 0.29) is 0 Å². The molecule has 0 bridgehead atoms. The maximum absolute atomic E-state index is 10.5. The largest absolute Gasteiger partial charge is 0.474 e. The lowest BCUT2D eigenvalue weighted by Gasteiger charge is -1.93. The summed E-state index contributed by atoms with van der Waals surface area (Å²) in [6.45, 7) is 2.11. The van der Waals surface area contributed by atoms with Crippen LogP contribution in [-0.2, 0) is 9.59 Å². The summed E-state index contributed by atoms with van der Waals surface area (Å²) >= 11 is 0. The SMILES string of the molecule is CCCCCC=CNC(=O)C(=O)O. The van der Waals surface area contributed by atoms with Crippen LogP contribution in [0.15, 0.2) is 12.3 Å². The van der Waals surface area contributed by atoms with Gasteiger partial charge in [0.25, 0.3) is 0 Å². The predicted molar refractivity (Wildman–Crippen MR) is 49.1 cm³/mol. The normalized spacial score (nSPS) is 10.2. The summed E-state index contributed by atoms with van der Waals surface area (Å²) in [5, 5.41) is 10.3. The molecule has 0 unspecified atom stereocenters. The number of carbonyl (C=O) groups excluding carboxylic acids is 1. The minimum absolute atomic E-state index is 0.869. The molecule has 1 amide bonds. The maximum Gasteiger partial charge on any atom is 0.394 e. The molecule has 0 spiro atoms. The van der Waals surface area contributed by atoms with Gasteiger partial charge in [-0.25, -0.2) is 4.79 Å². The van der Waals surface area contributed by atoms with Crippen LogP contribution < -0.4 is 5.32 Å². The lowest BCUT2D eigenvalue weighted by molar-refractivity contribution is -0.149. The smallest absolute Gasteiger partial charge is 0.394 e. The second-order valence-corrected chi connectivity index (χ2v) is 2.68. The number of allylic oxidation sites excluding steroid dienone is 1. The van der Waals surface area contributed by atoms with Crippen molar-refractivity contribution in [2.75, 3.05) is 0 Å². The average molecular weight is 185 g/mol. The van der Waals surface area contributed by atoms with E-state index in [1.54, 1.807) is 6.08 Å². The quantitative estimate of drug-likeness (QED) is 0.501. The van der Waals surface area contributed by atoms with Crippen molar-refractivity contribution in [3.63, 3.8) is 0 Å². The molecule has 0 radical (unpaired) electrons. The Hall–Kier alpha value is -1.32. The zero-order valence-electron chi connectivity index (χ0n) is 7.75. The fraction of sp³-hybridized carbons (Fsp3) is 0.556. The van der Waals surface area contributed by atoms with Crippen molar-refractivity contribution in [3.8, 4) is 0 Å². The molecule has 13 heavy (non-hydrogen) atoms. The minimum Gasteiger partial charge on any atom is -0.474 e. The van der Waals surface area contributed by atoms with Crippen LogP contribution in [-0.4, -0.2) is 17.0 Å². The van der Waals surface area contributed by atoms with Crippen molar-refractivity contribution in [2.45, 2.75) is 32.6 Å². The first kappa shape index (κ1) is 11.7. The van der Waals surface area contributed by atoms with Gasteiger partial charge in [-0.2, -0.15) is 0 Å². The van der Waals surface area contributed by atoms with Crippen LogP contribution in [0.3, 0.4) is 0 Å². The van der Waals surface area contributed by atoms with Crippen molar-refractivity contribution in [1.29, 1.82) is 0 Å². The predicted octanol–water partition coefficient (Wildman–Crippen LogP) is 1.28. The highest BCUT2D eigenvalue weighted by atomic mass is 16.4. The first-order valence-corrected chi connectivity index (χ1v) is 4.37. The molecular formula is C9H15NO3. The van der Waals surface area contributed by atoms with Gasteiger partial charge in [-0.3, -0.25) is 4.79 Å². The Morgan fingerprint density at radius 3 is 2.62 bits per heavy atom. The van der Waals surface area contributed by atoms with Gasteiger partial charge < -0.3 is 10.4 Å². The van der Waals surface area contributed by atoms with Gasteiger partial charge >= 0.3 is 11.9 Å². The van der Waals surface area contributed by atoms with Crippen LogP contribution in [0.1, 0.15) is 32.6 Å². The zero-order chi connectivity index (χ0) is 10.1. The summed E-state index contributed by atoms with van der Waals surface area (Å²) in [5.41, 5.74) is 0. The van der Waals surface area contributed by atoms with Crippen molar-refractivity contribution in [3.05, 3.63) is 12.3 Å². The van der Waals surface area contributed by atoms with Gasteiger partial charge in [0.2, 0.25) is 0 Å². The molecule has 0 saturated heterocycles. The number of carbonyl (C=O) groups is 2. The summed E-state index contributed by atoms with van der Waals surface area (Å²) in [5.74, 6) is -2.45. The number of nitrogens with one attached hydrogen (secondary N) is 1. The minimum atomic E-state index is -1.46. The molecule has 4 nitrogen and oxygen atoms in total. The molecular weight excluding hydrogens is 170 g/mol. The van der Waals surface area contributed by atoms with Crippen LogP contribution in [0.25, 0.3) is 0 Å². The third kappa shape index (κ3) is 7.05. The van der Waals surface area contributed by atoms with E-state index in [9.17, 15) is 9.59 Å². The molecule has 0 aliphatic heterocycles. The van der Waals surface area contributed by atoms with E-state index in [1.165, 1.54) is 6.20 Å². The number of hydrogen-bond acceptors (Lipinski definition) is 2. The number of amides is 1. The monoisotopic (exact) mass is 185 g/mol. The van der Waals surface area contributed by atoms with Gasteiger partial charge in [0, 0.05) is 6.20 Å². The second-order valence-electron chi connectivity index (χ2n) is 2.68. The van der Waals surface area contributed by atoms with Gasteiger partial charge in [-0.05, 0) is 12.8 Å². The lowest BCUT2D eigenvalue weighted by atomic mass is 10.2. The number of unbranched alkanes of at least 4 members (excludes halogenated alkanes) is 3. The Labute approximate surface area is 77.6 Å². The summed E-state index contributed by atoms with van der Waals surface area (Å²) < 4.78 is 0. The van der Waals surface area contributed by atoms with Crippen molar-refractivity contribution in [2.24, 2.45) is 0 Å². The molecule has 0 fully saturated rings. The summed E-state index contributed by atoms with van der Waals surface area (Å²) in [6, 6.07) is 0. The number of rotatable bonds is 5. The van der Waals surface area contributed by atoms with E-state index in [4.69, 9.17) is 5.11 Å². The fourth-order valence-electron chi connectivity index (χ4n) is 0.792. The van der Waals surface area contributed by atoms with Gasteiger partial charge in [0.15, 0.2) is 0 Å². The van der Waals surface area contributed by atoms with Gasteiger partial charge in [0.1, 0.15) is 0 Å². The highest BCUT2D eigenvalue weighted by Crippen LogP contribution is 1.98. The number of carboxylic acids is 1. The van der Waals surface area contributed by atoms with Crippen LogP contribution >= 0.6 is 0 Å². The van der Waals surface area contributed by atoms with Crippen LogP contribution in [0.2, 0.25) is 0 Å². The zero-order valence-corrected chi connectivity index (χ0v) is 7.75. The van der Waals surface area contributed by atoms with E-state index in [0.717, 1.165) is 25.7 Å². The highest BCUT2D eigenvalue weighted by Gasteiger charge is 2.06. The Bertz CT molecular complexity index is 199. The van der Waals surface area contributed by atoms with Gasteiger partial charge in [-0.1, -0.05) is 25.8 Å². The number of hydrogen-bond donors (Lipinski definition) is 2. The van der Waals surface area contributed by atoms with Crippen LogP contribution in [0.5, 0.6) is 0 Å². The third-order valence-electron chi connectivity index (χ3n) is 1.50. The Kier molecular flexibility index (Phi) is 6.59. The van der Waals surface area contributed by atoms with Gasteiger partial charge in [0.05, 0.1) is 0 Å². The van der Waals surface area contributed by atoms with Crippen molar-refractivity contribution in [1.82, 2.24) is 5.32 Å². The van der Waals surface area contributed by atoms with Gasteiger partial charge in [-0.15, -0.1) is 0 Å². The third-order valence-corrected chi connectivity index (χ3v) is 1.50. The number of carboxylic acid groups (broad SMARTS) is 1. The molecule has 0 aliphatic rings. The Balaban J connectivity index is 3.41. The molecule has 0 aromatic rings. The van der Waals surface area contributed by atoms with Crippen molar-refractivity contribution < 1.29 is 14.7 Å². The molecule has 2 N–H and O–H groups in total. The fourth-order valence-corrected chi connectivity index (χ4v) is 0.792. The molecule has 4 heteroatoms. The molecule has 0 aliphatic carbocycles. The highest BCUT2D eigenvalue weighted by molar-refractivity contribution is 6.31. The topological polar surface area (TPSA) is 66.4 Å². The lowest BCUT2D eigenvalue weighted by Crippen LogP contribution is -2.25. The summed E-state index contributed by atoms with van der Waals surface area (Å²) in [7, 11) is 0. The Morgan fingerprint density at radius 1 is 1.38 bits per heavy atom. The van der Waals surface area contributed by atoms with Crippen molar-refractivity contribution >= 4 is 11.9 Å². The van der Waals surface area contributed by atoms with E-state index in [1.807, 2.05) is 0 Å². The maximum atomic E-state index is 10.5. The molecule has 0 aromatic heterocycles. The summed E-state index contributed by atoms with van der Waals surface area (Å²) in [6.07, 6.45) is 7.37. The average Bonchev–Trinajstić information content (AvgIpc) is 2.10. The molecule has 0 heterocycles. The van der Waals surface area contributed by atoms with E-state index in [2.05, 4.69) is 12.2 Å². The molecule has 0 saturated carbocycles. The second kappa shape index (κ2) is 7.34. The first-order valence-electron chi connectivity index (χ1n) is 4.37. The van der Waals surface area contributed by atoms with Crippen LogP contribution in [0, 0.1) is 0 Å². The van der Waals surface area contributed by atoms with Crippen LogP contribution in [0.4, 0.5) is 0 Å².